The number of aromatic nitrogens is 1. The number of pyridine rings is 1. The number of urea groups is 1. The number of nitrogens with one attached hydrogen (secondary N) is 2. The van der Waals surface area contributed by atoms with Gasteiger partial charge in [-0.3, -0.25) is 4.98 Å². The summed E-state index contributed by atoms with van der Waals surface area (Å²) in [7, 11) is 0. The van der Waals surface area contributed by atoms with Crippen molar-refractivity contribution in [3.05, 3.63) is 70.0 Å². The number of benzene rings is 1. The lowest BCUT2D eigenvalue weighted by molar-refractivity contribution is 0.251. The lowest BCUT2D eigenvalue weighted by Crippen LogP contribution is -2.28. The molecule has 0 bridgehead atoms. The van der Waals surface area contributed by atoms with Gasteiger partial charge < -0.3 is 10.6 Å². The number of hydrogen-bond acceptors (Lipinski definition) is 3. The van der Waals surface area contributed by atoms with Crippen LogP contribution in [0.5, 0.6) is 0 Å². The molecule has 23 heavy (non-hydrogen) atoms. The maximum absolute atomic E-state index is 12.0. The third-order valence-corrected chi connectivity index (χ3v) is 4.23. The van der Waals surface area contributed by atoms with Crippen molar-refractivity contribution in [3.63, 3.8) is 0 Å². The molecule has 0 unspecified atom stereocenters. The van der Waals surface area contributed by atoms with Crippen LogP contribution in [0.25, 0.3) is 11.3 Å². The zero-order valence-corrected chi connectivity index (χ0v) is 13.7. The predicted molar refractivity (Wildman–Crippen MR) is 94.9 cm³/mol. The van der Waals surface area contributed by atoms with Gasteiger partial charge in [-0.15, -0.1) is 0 Å². The molecule has 2 amide bonds. The zero-order valence-electron chi connectivity index (χ0n) is 12.1. The molecule has 116 valence electrons. The molecule has 0 aliphatic carbocycles. The molecule has 2 heterocycles. The number of thiophene rings is 1. The SMILES string of the molecule is O=C(NCc1ccnc(-c2ccsc2)c1)Nc1ccccc1Cl. The molecule has 0 fully saturated rings. The fourth-order valence-electron chi connectivity index (χ4n) is 2.06. The highest BCUT2D eigenvalue weighted by Crippen LogP contribution is 2.21. The minimum atomic E-state index is -0.299. The molecule has 0 saturated heterocycles. The van der Waals surface area contributed by atoms with E-state index < -0.39 is 0 Å². The lowest BCUT2D eigenvalue weighted by atomic mass is 10.1. The Labute approximate surface area is 143 Å². The van der Waals surface area contributed by atoms with Crippen LogP contribution in [-0.2, 0) is 6.54 Å². The molecule has 0 aliphatic heterocycles. The van der Waals surface area contributed by atoms with Gasteiger partial charge in [0, 0.05) is 23.7 Å². The molecule has 1 aromatic carbocycles. The number of halogens is 1. The molecule has 0 radical (unpaired) electrons. The van der Waals surface area contributed by atoms with Gasteiger partial charge in [-0.05, 0) is 41.3 Å². The zero-order chi connectivity index (χ0) is 16.1. The van der Waals surface area contributed by atoms with E-state index in [-0.39, 0.29) is 6.03 Å². The number of hydrogen-bond donors (Lipinski definition) is 2. The number of amides is 2. The smallest absolute Gasteiger partial charge is 0.319 e. The highest BCUT2D eigenvalue weighted by molar-refractivity contribution is 7.08. The monoisotopic (exact) mass is 343 g/mol. The molecule has 0 atom stereocenters. The van der Waals surface area contributed by atoms with E-state index in [1.807, 2.05) is 41.1 Å². The van der Waals surface area contributed by atoms with E-state index in [0.717, 1.165) is 16.8 Å². The summed E-state index contributed by atoms with van der Waals surface area (Å²) < 4.78 is 0. The van der Waals surface area contributed by atoms with Crippen LogP contribution in [0.3, 0.4) is 0 Å². The van der Waals surface area contributed by atoms with Crippen molar-refractivity contribution in [2.24, 2.45) is 0 Å². The van der Waals surface area contributed by atoms with Gasteiger partial charge in [0.1, 0.15) is 0 Å². The van der Waals surface area contributed by atoms with Gasteiger partial charge in [-0.25, -0.2) is 4.79 Å². The lowest BCUT2D eigenvalue weighted by Gasteiger charge is -2.09. The van der Waals surface area contributed by atoms with Crippen molar-refractivity contribution in [2.45, 2.75) is 6.54 Å². The molecule has 4 nitrogen and oxygen atoms in total. The van der Waals surface area contributed by atoms with E-state index in [9.17, 15) is 4.79 Å². The summed E-state index contributed by atoms with van der Waals surface area (Å²) in [6.07, 6.45) is 1.75. The Morgan fingerprint density at radius 1 is 1.22 bits per heavy atom. The quantitative estimate of drug-likeness (QED) is 0.716. The van der Waals surface area contributed by atoms with E-state index in [4.69, 9.17) is 11.6 Å². The topological polar surface area (TPSA) is 54.0 Å². The van der Waals surface area contributed by atoms with Crippen molar-refractivity contribution in [3.8, 4) is 11.3 Å². The second kappa shape index (κ2) is 7.26. The average molecular weight is 344 g/mol. The van der Waals surface area contributed by atoms with E-state index in [1.165, 1.54) is 0 Å². The molecule has 2 N–H and O–H groups in total. The van der Waals surface area contributed by atoms with Gasteiger partial charge in [0.05, 0.1) is 16.4 Å². The molecule has 3 aromatic rings. The summed E-state index contributed by atoms with van der Waals surface area (Å²) in [5.41, 5.74) is 3.55. The first kappa shape index (κ1) is 15.5. The normalized spacial score (nSPS) is 10.3. The molecule has 0 aliphatic rings. The van der Waals surface area contributed by atoms with Gasteiger partial charge in [0.2, 0.25) is 0 Å². The van der Waals surface area contributed by atoms with Crippen LogP contribution < -0.4 is 10.6 Å². The van der Waals surface area contributed by atoms with E-state index in [0.29, 0.717) is 17.3 Å². The van der Waals surface area contributed by atoms with Crippen molar-refractivity contribution in [2.75, 3.05) is 5.32 Å². The second-order valence-electron chi connectivity index (χ2n) is 4.85. The summed E-state index contributed by atoms with van der Waals surface area (Å²) >= 11 is 7.64. The standard InChI is InChI=1S/C17H14ClN3OS/c18-14-3-1-2-4-15(14)21-17(22)20-10-12-5-7-19-16(9-12)13-6-8-23-11-13/h1-9,11H,10H2,(H2,20,21,22). The van der Waals surface area contributed by atoms with Gasteiger partial charge in [0.25, 0.3) is 0 Å². The fourth-order valence-corrected chi connectivity index (χ4v) is 2.90. The minimum Gasteiger partial charge on any atom is -0.334 e. The third kappa shape index (κ3) is 4.09. The maximum atomic E-state index is 12.0. The van der Waals surface area contributed by atoms with Crippen LogP contribution in [0.1, 0.15) is 5.56 Å². The van der Waals surface area contributed by atoms with E-state index in [1.54, 1.807) is 29.7 Å². The van der Waals surface area contributed by atoms with Gasteiger partial charge in [0.15, 0.2) is 0 Å². The van der Waals surface area contributed by atoms with Crippen molar-refractivity contribution < 1.29 is 4.79 Å². The second-order valence-corrected chi connectivity index (χ2v) is 6.04. The third-order valence-electron chi connectivity index (χ3n) is 3.22. The number of anilines is 1. The van der Waals surface area contributed by atoms with Gasteiger partial charge in [-0.1, -0.05) is 23.7 Å². The maximum Gasteiger partial charge on any atom is 0.319 e. The number of nitrogens with zero attached hydrogens (tertiary/aromatic N) is 1. The average Bonchev–Trinajstić information content (AvgIpc) is 3.10. The Morgan fingerprint density at radius 3 is 2.87 bits per heavy atom. The van der Waals surface area contributed by atoms with E-state index >= 15 is 0 Å². The minimum absolute atomic E-state index is 0.299. The first-order chi connectivity index (χ1) is 11.2. The molecule has 3 rings (SSSR count). The summed E-state index contributed by atoms with van der Waals surface area (Å²) in [5, 5.41) is 10.1. The summed E-state index contributed by atoms with van der Waals surface area (Å²) in [4.78, 5) is 16.3. The van der Waals surface area contributed by atoms with Crippen molar-refractivity contribution in [1.82, 2.24) is 10.3 Å². The highest BCUT2D eigenvalue weighted by atomic mass is 35.5. The van der Waals surface area contributed by atoms with Crippen molar-refractivity contribution >= 4 is 34.7 Å². The number of rotatable bonds is 4. The Hall–Kier alpha value is -2.37. The number of carbonyl (C=O) groups excluding carboxylic acids is 1. The van der Waals surface area contributed by atoms with Crippen molar-refractivity contribution in [1.29, 1.82) is 0 Å². The Balaban J connectivity index is 1.61. The summed E-state index contributed by atoms with van der Waals surface area (Å²) in [6, 6.07) is 12.7. The van der Waals surface area contributed by atoms with Crippen LogP contribution in [0.15, 0.2) is 59.4 Å². The summed E-state index contributed by atoms with van der Waals surface area (Å²) in [6.45, 7) is 0.413. The number of para-hydroxylation sites is 1. The van der Waals surface area contributed by atoms with Crippen LogP contribution in [-0.4, -0.2) is 11.0 Å². The largest absolute Gasteiger partial charge is 0.334 e. The van der Waals surface area contributed by atoms with Gasteiger partial charge in [-0.2, -0.15) is 11.3 Å². The molecular formula is C17H14ClN3OS. The predicted octanol–water partition coefficient (Wildman–Crippen LogP) is 4.79. The molecule has 0 saturated carbocycles. The highest BCUT2D eigenvalue weighted by Gasteiger charge is 2.06. The molecule has 0 spiro atoms. The van der Waals surface area contributed by atoms with Crippen LogP contribution in [0.4, 0.5) is 10.5 Å². The first-order valence-corrected chi connectivity index (χ1v) is 8.31. The molecule has 2 aromatic heterocycles. The molecular weight excluding hydrogens is 330 g/mol. The fraction of sp³-hybridized carbons (Fsp3) is 0.0588. The summed E-state index contributed by atoms with van der Waals surface area (Å²) in [5.74, 6) is 0. The number of carbonyl (C=O) groups is 1. The van der Waals surface area contributed by atoms with Crippen LogP contribution in [0, 0.1) is 0 Å². The van der Waals surface area contributed by atoms with E-state index in [2.05, 4.69) is 15.6 Å². The Morgan fingerprint density at radius 2 is 2.09 bits per heavy atom. The van der Waals surface area contributed by atoms with Gasteiger partial charge >= 0.3 is 6.03 Å². The Kier molecular flexibility index (Phi) is 4.90. The Bertz CT molecular complexity index is 805. The first-order valence-electron chi connectivity index (χ1n) is 6.99. The van der Waals surface area contributed by atoms with Crippen LogP contribution >= 0.6 is 22.9 Å². The van der Waals surface area contributed by atoms with Crippen LogP contribution in [0.2, 0.25) is 5.02 Å². The molecule has 6 heteroatoms.